The molecule has 3 heterocycles. The lowest BCUT2D eigenvalue weighted by Gasteiger charge is -2.30. The van der Waals surface area contributed by atoms with Gasteiger partial charge in [0.05, 0.1) is 33.4 Å². The number of hydrogen-bond donors (Lipinski definition) is 2. The van der Waals surface area contributed by atoms with Crippen molar-refractivity contribution < 1.29 is 47.7 Å². The Hall–Kier alpha value is -4.88. The third kappa shape index (κ3) is 8.11. The highest BCUT2D eigenvalue weighted by molar-refractivity contribution is 5.97. The Kier molecular flexibility index (Phi) is 10.9. The molecule has 1 aliphatic carbocycles. The zero-order chi connectivity index (χ0) is 36.2. The molecule has 3 amide bonds. The average molecular weight is 695 g/mol. The van der Waals surface area contributed by atoms with Crippen molar-refractivity contribution in [1.82, 2.24) is 20.5 Å². The van der Waals surface area contributed by atoms with Gasteiger partial charge in [-0.2, -0.15) is 0 Å². The fourth-order valence-corrected chi connectivity index (χ4v) is 6.55. The highest BCUT2D eigenvalue weighted by Crippen LogP contribution is 2.46. The smallest absolute Gasteiger partial charge is 0.408 e. The normalized spacial score (nSPS) is 26.2. The Bertz CT molecular complexity index is 1670. The SMILES string of the molecule is COC(=O)c1cc(O[C@@H]2C[C@H]3C(=O)NC4(C(=O)OC)C[C@H]4/C=C\CCCCC[C@H](NC(=O)OC(C)(C)C)C(=O)N3C2)c2ccc(OC)cc2n1. The molecule has 2 aromatic rings. The zero-order valence-electron chi connectivity index (χ0n) is 29.4. The molecule has 50 heavy (non-hydrogen) atoms. The Labute approximate surface area is 291 Å². The van der Waals surface area contributed by atoms with E-state index in [1.165, 1.54) is 32.3 Å². The van der Waals surface area contributed by atoms with Crippen LogP contribution in [0.4, 0.5) is 4.79 Å². The van der Waals surface area contributed by atoms with Crippen molar-refractivity contribution in [3.63, 3.8) is 0 Å². The summed E-state index contributed by atoms with van der Waals surface area (Å²) >= 11 is 0. The Morgan fingerprint density at radius 1 is 1.04 bits per heavy atom. The minimum Gasteiger partial charge on any atom is -0.497 e. The number of rotatable bonds is 6. The fourth-order valence-electron chi connectivity index (χ4n) is 6.55. The van der Waals surface area contributed by atoms with Gasteiger partial charge in [-0.25, -0.2) is 19.4 Å². The molecule has 1 saturated carbocycles. The molecule has 1 aromatic carbocycles. The number of allylic oxidation sites excluding steroid dienone is 1. The first-order chi connectivity index (χ1) is 23.8. The van der Waals surface area contributed by atoms with Crippen molar-refractivity contribution in [2.75, 3.05) is 27.9 Å². The first-order valence-electron chi connectivity index (χ1n) is 16.9. The molecule has 1 unspecified atom stereocenters. The van der Waals surface area contributed by atoms with Crippen molar-refractivity contribution in [1.29, 1.82) is 0 Å². The summed E-state index contributed by atoms with van der Waals surface area (Å²) < 4.78 is 27.3. The van der Waals surface area contributed by atoms with Gasteiger partial charge in [0, 0.05) is 29.9 Å². The van der Waals surface area contributed by atoms with Crippen molar-refractivity contribution in [3.8, 4) is 11.5 Å². The van der Waals surface area contributed by atoms with E-state index in [4.69, 9.17) is 23.7 Å². The molecule has 3 aliphatic rings. The van der Waals surface area contributed by atoms with E-state index in [9.17, 15) is 24.0 Å². The van der Waals surface area contributed by atoms with E-state index in [1.54, 1.807) is 39.0 Å². The van der Waals surface area contributed by atoms with E-state index in [1.807, 2.05) is 12.2 Å². The molecule has 2 N–H and O–H groups in total. The molecule has 5 rings (SSSR count). The molecule has 270 valence electrons. The van der Waals surface area contributed by atoms with Gasteiger partial charge in [-0.3, -0.25) is 9.59 Å². The molecule has 2 fully saturated rings. The number of carbonyl (C=O) groups is 5. The number of carbonyl (C=O) groups excluding carboxylic acids is 5. The number of nitrogens with one attached hydrogen (secondary N) is 2. The van der Waals surface area contributed by atoms with Crippen LogP contribution in [0.1, 0.15) is 76.2 Å². The van der Waals surface area contributed by atoms with E-state index in [-0.39, 0.29) is 24.6 Å². The van der Waals surface area contributed by atoms with Crippen LogP contribution in [0.3, 0.4) is 0 Å². The number of alkyl carbamates (subject to hydrolysis) is 1. The number of amides is 3. The van der Waals surface area contributed by atoms with E-state index in [0.717, 1.165) is 19.3 Å². The number of nitrogens with zero attached hydrogens (tertiary/aromatic N) is 2. The summed E-state index contributed by atoms with van der Waals surface area (Å²) in [4.78, 5) is 72.8. The molecule has 0 radical (unpaired) electrons. The van der Waals surface area contributed by atoms with E-state index in [0.29, 0.717) is 41.7 Å². The molecule has 14 heteroatoms. The highest BCUT2D eigenvalue weighted by Gasteiger charge is 2.62. The Balaban J connectivity index is 1.50. The second kappa shape index (κ2) is 14.9. The minimum atomic E-state index is -1.25. The third-order valence-corrected chi connectivity index (χ3v) is 9.15. The standard InChI is InChI=1S/C36H46N4O10/c1-35(2,3)50-34(45)38-25-13-11-9-7-8-10-12-21-19-36(21,33(44)48-6)39-30(41)28-17-23(20-40(28)31(25)42)49-29-18-27(32(43)47-5)37-26-16-22(46-4)14-15-24(26)29/h10,12,14-16,18,21,23,25,28H,7-9,11,13,17,19-20H2,1-6H3,(H,38,45)(H,39,41)/b12-10-/t21-,23-,25+,28+,36?/m1/s1. The molecular weight excluding hydrogens is 648 g/mol. The summed E-state index contributed by atoms with van der Waals surface area (Å²) in [5.41, 5.74) is -1.63. The first-order valence-corrected chi connectivity index (χ1v) is 16.9. The average Bonchev–Trinajstić information content (AvgIpc) is 3.60. The first kappa shape index (κ1) is 36.4. The van der Waals surface area contributed by atoms with Gasteiger partial charge in [0.25, 0.3) is 0 Å². The lowest BCUT2D eigenvalue weighted by atomic mass is 10.0. The van der Waals surface area contributed by atoms with Crippen molar-refractivity contribution >= 4 is 40.7 Å². The van der Waals surface area contributed by atoms with Crippen LogP contribution in [-0.2, 0) is 28.6 Å². The number of esters is 2. The highest BCUT2D eigenvalue weighted by atomic mass is 16.6. The van der Waals surface area contributed by atoms with Gasteiger partial charge in [-0.05, 0) is 58.6 Å². The lowest BCUT2D eigenvalue weighted by Crippen LogP contribution is -2.56. The molecule has 5 atom stereocenters. The molecule has 14 nitrogen and oxygen atoms in total. The monoisotopic (exact) mass is 694 g/mol. The van der Waals surface area contributed by atoms with Crippen LogP contribution in [0.25, 0.3) is 10.9 Å². The van der Waals surface area contributed by atoms with Gasteiger partial charge in [0.1, 0.15) is 40.8 Å². The zero-order valence-corrected chi connectivity index (χ0v) is 29.4. The maximum atomic E-state index is 14.4. The third-order valence-electron chi connectivity index (χ3n) is 9.15. The molecule has 0 spiro atoms. The number of pyridine rings is 1. The summed E-state index contributed by atoms with van der Waals surface area (Å²) in [6, 6.07) is 4.54. The topological polar surface area (TPSA) is 172 Å². The van der Waals surface area contributed by atoms with E-state index >= 15 is 0 Å². The molecule has 1 saturated heterocycles. The van der Waals surface area contributed by atoms with E-state index < -0.39 is 59.2 Å². The Morgan fingerprint density at radius 2 is 1.82 bits per heavy atom. The van der Waals surface area contributed by atoms with Crippen LogP contribution in [0.2, 0.25) is 0 Å². The predicted octanol–water partition coefficient (Wildman–Crippen LogP) is 3.84. The van der Waals surface area contributed by atoms with Gasteiger partial charge >= 0.3 is 18.0 Å². The van der Waals surface area contributed by atoms with Crippen LogP contribution in [-0.4, -0.2) is 96.9 Å². The minimum absolute atomic E-state index is 0.000565. The van der Waals surface area contributed by atoms with Gasteiger partial charge in [-0.15, -0.1) is 0 Å². The number of aromatic nitrogens is 1. The maximum absolute atomic E-state index is 14.4. The van der Waals surface area contributed by atoms with Crippen molar-refractivity contribution in [2.24, 2.45) is 5.92 Å². The molecule has 2 aliphatic heterocycles. The Morgan fingerprint density at radius 3 is 2.52 bits per heavy atom. The second-order valence-corrected chi connectivity index (χ2v) is 13.9. The number of ether oxygens (including phenoxy) is 5. The van der Waals surface area contributed by atoms with Crippen LogP contribution in [0.15, 0.2) is 36.4 Å². The van der Waals surface area contributed by atoms with Gasteiger partial charge in [0.2, 0.25) is 11.8 Å². The van der Waals surface area contributed by atoms with Gasteiger partial charge in [-0.1, -0.05) is 25.0 Å². The lowest BCUT2D eigenvalue weighted by molar-refractivity contribution is -0.148. The number of fused-ring (bicyclic) bond motifs is 3. The second-order valence-electron chi connectivity index (χ2n) is 13.9. The number of benzene rings is 1. The van der Waals surface area contributed by atoms with Crippen LogP contribution in [0, 0.1) is 5.92 Å². The van der Waals surface area contributed by atoms with E-state index in [2.05, 4.69) is 15.6 Å². The molecular formula is C36H46N4O10. The quantitative estimate of drug-likeness (QED) is 0.256. The van der Waals surface area contributed by atoms with Crippen LogP contribution in [0.5, 0.6) is 11.5 Å². The summed E-state index contributed by atoms with van der Waals surface area (Å²) in [6.07, 6.45) is 6.28. The predicted molar refractivity (Wildman–Crippen MR) is 181 cm³/mol. The molecule has 1 aromatic heterocycles. The van der Waals surface area contributed by atoms with Gasteiger partial charge in [0.15, 0.2) is 5.69 Å². The largest absolute Gasteiger partial charge is 0.497 e. The van der Waals surface area contributed by atoms with Gasteiger partial charge < -0.3 is 39.2 Å². The van der Waals surface area contributed by atoms with Crippen LogP contribution >= 0.6 is 0 Å². The summed E-state index contributed by atoms with van der Waals surface area (Å²) in [5.74, 6) is -1.70. The summed E-state index contributed by atoms with van der Waals surface area (Å²) in [7, 11) is 4.03. The van der Waals surface area contributed by atoms with Crippen LogP contribution < -0.4 is 20.1 Å². The van der Waals surface area contributed by atoms with Crippen molar-refractivity contribution in [3.05, 3.63) is 42.1 Å². The summed E-state index contributed by atoms with van der Waals surface area (Å²) in [6.45, 7) is 5.17. The molecule has 0 bridgehead atoms. The number of methoxy groups -OCH3 is 3. The number of hydrogen-bond acceptors (Lipinski definition) is 11. The maximum Gasteiger partial charge on any atom is 0.408 e. The fraction of sp³-hybridized carbons (Fsp3) is 0.556. The summed E-state index contributed by atoms with van der Waals surface area (Å²) in [5, 5.41) is 6.22. The van der Waals surface area contributed by atoms with Crippen molar-refractivity contribution in [2.45, 2.75) is 95.0 Å².